The maximum Gasteiger partial charge on any atom is 0.0381 e. The van der Waals surface area contributed by atoms with Crippen molar-refractivity contribution in [3.8, 4) is 0 Å². The predicted octanol–water partition coefficient (Wildman–Crippen LogP) is 3.41. The molecule has 13 heavy (non-hydrogen) atoms. The quantitative estimate of drug-likeness (QED) is 0.572. The lowest BCUT2D eigenvalue weighted by Gasteiger charge is -2.36. The molecule has 0 amide bonds. The van der Waals surface area contributed by atoms with E-state index in [2.05, 4.69) is 43.7 Å². The summed E-state index contributed by atoms with van der Waals surface area (Å²) in [5, 5.41) is 0. The molecule has 72 valence electrons. The Labute approximate surface area is 80.8 Å². The van der Waals surface area contributed by atoms with Gasteiger partial charge in [0.1, 0.15) is 0 Å². The zero-order chi connectivity index (χ0) is 9.47. The zero-order valence-corrected chi connectivity index (χ0v) is 8.88. The van der Waals surface area contributed by atoms with Crippen LogP contribution in [-0.4, -0.2) is 4.57 Å². The first-order valence-electron chi connectivity index (χ1n) is 5.25. The van der Waals surface area contributed by atoms with Crippen molar-refractivity contribution in [3.05, 3.63) is 24.0 Å². The second-order valence-electron chi connectivity index (χ2n) is 5.18. The summed E-state index contributed by atoms with van der Waals surface area (Å²) in [6, 6.07) is 5.14. The smallest absolute Gasteiger partial charge is 0.0381 e. The van der Waals surface area contributed by atoms with E-state index in [0.29, 0.717) is 11.5 Å². The van der Waals surface area contributed by atoms with Gasteiger partial charge in [0.15, 0.2) is 0 Å². The van der Waals surface area contributed by atoms with Crippen LogP contribution in [0.2, 0.25) is 0 Å². The second kappa shape index (κ2) is 2.90. The Morgan fingerprint density at radius 2 is 2.15 bits per heavy atom. The van der Waals surface area contributed by atoms with Gasteiger partial charge in [-0.05, 0) is 36.8 Å². The van der Waals surface area contributed by atoms with Gasteiger partial charge in [-0.15, -0.1) is 0 Å². The lowest BCUT2D eigenvalue weighted by Crippen LogP contribution is -2.28. The Balaban J connectivity index is 2.35. The molecule has 2 rings (SSSR count). The molecule has 1 nitrogen and oxygen atoms in total. The van der Waals surface area contributed by atoms with Gasteiger partial charge in [0.2, 0.25) is 0 Å². The third-order valence-corrected chi connectivity index (χ3v) is 3.11. The first-order chi connectivity index (χ1) is 6.09. The topological polar surface area (TPSA) is 4.93 Å². The molecule has 1 aromatic rings. The molecule has 1 atom stereocenters. The van der Waals surface area contributed by atoms with Crippen LogP contribution in [0, 0.1) is 5.41 Å². The number of aromatic nitrogens is 1. The van der Waals surface area contributed by atoms with E-state index in [1.165, 1.54) is 25.0 Å². The molecule has 2 heterocycles. The van der Waals surface area contributed by atoms with Gasteiger partial charge in [-0.2, -0.15) is 0 Å². The average Bonchev–Trinajstić information content (AvgIpc) is 2.48. The number of hydrogen-bond donors (Lipinski definition) is 0. The standard InChI is InChI=1S/C12H19N/c1-12(2,3)11-8-4-6-10-7-5-9-13(10)11/h5,7,9,11H,4,6,8H2,1-3H3. The van der Waals surface area contributed by atoms with E-state index in [-0.39, 0.29) is 0 Å². The van der Waals surface area contributed by atoms with Crippen molar-refractivity contribution in [1.82, 2.24) is 4.57 Å². The van der Waals surface area contributed by atoms with E-state index in [9.17, 15) is 0 Å². The highest BCUT2D eigenvalue weighted by atomic mass is 15.0. The molecular weight excluding hydrogens is 158 g/mol. The van der Waals surface area contributed by atoms with Crippen molar-refractivity contribution in [2.75, 3.05) is 0 Å². The summed E-state index contributed by atoms with van der Waals surface area (Å²) < 4.78 is 2.48. The highest BCUT2D eigenvalue weighted by Crippen LogP contribution is 2.38. The van der Waals surface area contributed by atoms with Crippen LogP contribution in [0.3, 0.4) is 0 Å². The lowest BCUT2D eigenvalue weighted by molar-refractivity contribution is 0.206. The van der Waals surface area contributed by atoms with Crippen LogP contribution < -0.4 is 0 Å². The Bertz CT molecular complexity index is 290. The second-order valence-corrected chi connectivity index (χ2v) is 5.18. The number of hydrogen-bond acceptors (Lipinski definition) is 0. The van der Waals surface area contributed by atoms with E-state index < -0.39 is 0 Å². The zero-order valence-electron chi connectivity index (χ0n) is 8.88. The van der Waals surface area contributed by atoms with Crippen LogP contribution in [0.15, 0.2) is 18.3 Å². The first kappa shape index (κ1) is 8.86. The van der Waals surface area contributed by atoms with Crippen LogP contribution in [0.4, 0.5) is 0 Å². The van der Waals surface area contributed by atoms with Crippen LogP contribution in [0.1, 0.15) is 45.3 Å². The van der Waals surface area contributed by atoms with E-state index in [0.717, 1.165) is 0 Å². The molecule has 0 saturated heterocycles. The van der Waals surface area contributed by atoms with Gasteiger partial charge in [-0.25, -0.2) is 0 Å². The summed E-state index contributed by atoms with van der Waals surface area (Å²) in [6.07, 6.45) is 6.20. The lowest BCUT2D eigenvalue weighted by atomic mass is 9.81. The summed E-state index contributed by atoms with van der Waals surface area (Å²) in [6.45, 7) is 7.02. The van der Waals surface area contributed by atoms with Gasteiger partial charge >= 0.3 is 0 Å². The van der Waals surface area contributed by atoms with E-state index in [4.69, 9.17) is 0 Å². The van der Waals surface area contributed by atoms with Crippen molar-refractivity contribution in [1.29, 1.82) is 0 Å². The molecule has 0 aliphatic carbocycles. The summed E-state index contributed by atoms with van der Waals surface area (Å²) in [7, 11) is 0. The highest BCUT2D eigenvalue weighted by molar-refractivity contribution is 5.12. The molecular formula is C12H19N. The first-order valence-corrected chi connectivity index (χ1v) is 5.25. The van der Waals surface area contributed by atoms with E-state index in [1.54, 1.807) is 0 Å². The molecule has 1 aliphatic heterocycles. The Kier molecular flexibility index (Phi) is 1.98. The molecule has 0 bridgehead atoms. The molecule has 0 aromatic carbocycles. The minimum Gasteiger partial charge on any atom is -0.348 e. The highest BCUT2D eigenvalue weighted by Gasteiger charge is 2.29. The fraction of sp³-hybridized carbons (Fsp3) is 0.667. The molecule has 0 fully saturated rings. The number of rotatable bonds is 0. The van der Waals surface area contributed by atoms with Gasteiger partial charge < -0.3 is 4.57 Å². The van der Waals surface area contributed by atoms with Crippen LogP contribution in [0.5, 0.6) is 0 Å². The van der Waals surface area contributed by atoms with E-state index in [1.807, 2.05) is 0 Å². The Morgan fingerprint density at radius 1 is 1.38 bits per heavy atom. The predicted molar refractivity (Wildman–Crippen MR) is 55.9 cm³/mol. The van der Waals surface area contributed by atoms with E-state index >= 15 is 0 Å². The Morgan fingerprint density at radius 3 is 2.85 bits per heavy atom. The molecule has 0 N–H and O–H groups in total. The summed E-state index contributed by atoms with van der Waals surface area (Å²) >= 11 is 0. The summed E-state index contributed by atoms with van der Waals surface area (Å²) in [4.78, 5) is 0. The number of fused-ring (bicyclic) bond motifs is 1. The van der Waals surface area contributed by atoms with Gasteiger partial charge in [-0.1, -0.05) is 20.8 Å². The molecule has 1 unspecified atom stereocenters. The van der Waals surface area contributed by atoms with Crippen molar-refractivity contribution in [2.45, 2.75) is 46.1 Å². The maximum absolute atomic E-state index is 2.48. The average molecular weight is 177 g/mol. The molecule has 0 saturated carbocycles. The number of nitrogens with zero attached hydrogens (tertiary/aromatic N) is 1. The largest absolute Gasteiger partial charge is 0.348 e. The summed E-state index contributed by atoms with van der Waals surface area (Å²) in [5.41, 5.74) is 1.92. The monoisotopic (exact) mass is 177 g/mol. The van der Waals surface area contributed by atoms with Crippen molar-refractivity contribution in [2.24, 2.45) is 5.41 Å². The Hall–Kier alpha value is -0.720. The van der Waals surface area contributed by atoms with Gasteiger partial charge in [0.05, 0.1) is 0 Å². The molecule has 1 heteroatoms. The number of aryl methyl sites for hydroxylation is 1. The molecule has 0 spiro atoms. The maximum atomic E-state index is 2.48. The van der Waals surface area contributed by atoms with Gasteiger partial charge in [0.25, 0.3) is 0 Å². The fourth-order valence-electron chi connectivity index (χ4n) is 2.41. The van der Waals surface area contributed by atoms with Crippen molar-refractivity contribution in [3.63, 3.8) is 0 Å². The molecule has 0 radical (unpaired) electrons. The van der Waals surface area contributed by atoms with Crippen LogP contribution in [0.25, 0.3) is 0 Å². The van der Waals surface area contributed by atoms with Crippen LogP contribution >= 0.6 is 0 Å². The fourth-order valence-corrected chi connectivity index (χ4v) is 2.41. The molecule has 1 aliphatic rings. The SMILES string of the molecule is CC(C)(C)C1CCCc2cccn21. The van der Waals surface area contributed by atoms with Gasteiger partial charge in [-0.3, -0.25) is 0 Å². The van der Waals surface area contributed by atoms with Crippen molar-refractivity contribution < 1.29 is 0 Å². The summed E-state index contributed by atoms with van der Waals surface area (Å²) in [5.74, 6) is 0. The third kappa shape index (κ3) is 1.52. The minimum atomic E-state index is 0.397. The molecule has 1 aromatic heterocycles. The minimum absolute atomic E-state index is 0.397. The normalized spacial score (nSPS) is 22.8. The third-order valence-electron chi connectivity index (χ3n) is 3.11. The van der Waals surface area contributed by atoms with Crippen LogP contribution in [-0.2, 0) is 6.42 Å². The van der Waals surface area contributed by atoms with Gasteiger partial charge in [0, 0.05) is 17.9 Å². The van der Waals surface area contributed by atoms with Crippen molar-refractivity contribution >= 4 is 0 Å².